The van der Waals surface area contributed by atoms with Gasteiger partial charge in [-0.3, -0.25) is 9.59 Å². The summed E-state index contributed by atoms with van der Waals surface area (Å²) in [5.41, 5.74) is 5.58. The molecular weight excluding hydrogens is 198 g/mol. The van der Waals surface area contributed by atoms with Gasteiger partial charge >= 0.3 is 5.97 Å². The Morgan fingerprint density at radius 3 is 2.20 bits per heavy atom. The molecule has 0 aliphatic rings. The summed E-state index contributed by atoms with van der Waals surface area (Å²) in [6, 6.07) is 5.72. The van der Waals surface area contributed by atoms with Gasteiger partial charge in [-0.15, -0.1) is 0 Å². The zero-order valence-corrected chi connectivity index (χ0v) is 7.88. The Balaban J connectivity index is 2.94. The van der Waals surface area contributed by atoms with E-state index in [1.165, 1.54) is 24.3 Å². The summed E-state index contributed by atoms with van der Waals surface area (Å²) in [4.78, 5) is 21.5. The normalized spacial score (nSPS) is 12.0. The third-order valence-electron chi connectivity index (χ3n) is 2.02. The van der Waals surface area contributed by atoms with E-state index in [1.54, 1.807) is 0 Å². The summed E-state index contributed by atoms with van der Waals surface area (Å²) in [7, 11) is 0. The number of aliphatic carboxylic acids is 1. The lowest BCUT2D eigenvalue weighted by Gasteiger charge is -2.10. The lowest BCUT2D eigenvalue weighted by molar-refractivity contribution is -0.139. The molecule has 5 heteroatoms. The van der Waals surface area contributed by atoms with Gasteiger partial charge in [0.25, 0.3) is 0 Å². The van der Waals surface area contributed by atoms with Gasteiger partial charge in [0, 0.05) is 0 Å². The molecule has 0 saturated carbocycles. The highest BCUT2D eigenvalue weighted by molar-refractivity contribution is 5.86. The molecule has 1 aromatic carbocycles. The second-order valence-corrected chi connectivity index (χ2v) is 3.14. The minimum absolute atomic E-state index is 0.0531. The van der Waals surface area contributed by atoms with Crippen LogP contribution in [0.2, 0.25) is 0 Å². The second-order valence-electron chi connectivity index (χ2n) is 3.14. The van der Waals surface area contributed by atoms with Crippen LogP contribution in [-0.4, -0.2) is 22.1 Å². The molecule has 0 spiro atoms. The number of carboxylic acid groups (broad SMARTS) is 1. The molecular formula is C10H11NO4. The molecule has 0 saturated heterocycles. The Labute approximate surface area is 86.1 Å². The fourth-order valence-corrected chi connectivity index (χ4v) is 1.26. The van der Waals surface area contributed by atoms with Crippen LogP contribution >= 0.6 is 0 Å². The summed E-state index contributed by atoms with van der Waals surface area (Å²) in [5, 5.41) is 17.6. The average molecular weight is 209 g/mol. The zero-order chi connectivity index (χ0) is 11.4. The van der Waals surface area contributed by atoms with E-state index in [4.69, 9.17) is 15.9 Å². The van der Waals surface area contributed by atoms with Crippen molar-refractivity contribution in [2.45, 2.75) is 12.3 Å². The van der Waals surface area contributed by atoms with Gasteiger partial charge < -0.3 is 15.9 Å². The summed E-state index contributed by atoms with van der Waals surface area (Å²) in [5.74, 6) is -2.59. The van der Waals surface area contributed by atoms with Crippen LogP contribution in [0.25, 0.3) is 0 Å². The number of rotatable bonds is 4. The van der Waals surface area contributed by atoms with E-state index in [9.17, 15) is 9.59 Å². The number of carbonyl (C=O) groups is 2. The fraction of sp³-hybridized carbons (Fsp3) is 0.200. The van der Waals surface area contributed by atoms with Crippen molar-refractivity contribution in [1.82, 2.24) is 0 Å². The van der Waals surface area contributed by atoms with Crippen LogP contribution in [-0.2, 0) is 9.59 Å². The van der Waals surface area contributed by atoms with Crippen molar-refractivity contribution >= 4 is 11.9 Å². The smallest absolute Gasteiger partial charge is 0.304 e. The highest BCUT2D eigenvalue weighted by atomic mass is 16.4. The van der Waals surface area contributed by atoms with Crippen LogP contribution in [0.4, 0.5) is 0 Å². The maximum atomic E-state index is 11.0. The van der Waals surface area contributed by atoms with E-state index in [0.29, 0.717) is 5.56 Å². The molecule has 80 valence electrons. The Bertz CT molecular complexity index is 372. The van der Waals surface area contributed by atoms with E-state index in [-0.39, 0.29) is 12.2 Å². The molecule has 1 aromatic rings. The van der Waals surface area contributed by atoms with Gasteiger partial charge in [-0.25, -0.2) is 0 Å². The number of amides is 1. The number of nitrogens with two attached hydrogens (primary N) is 1. The molecule has 0 bridgehead atoms. The van der Waals surface area contributed by atoms with Crippen molar-refractivity contribution in [2.75, 3.05) is 0 Å². The molecule has 1 atom stereocenters. The molecule has 1 amide bonds. The molecule has 5 nitrogen and oxygen atoms in total. The van der Waals surface area contributed by atoms with Gasteiger partial charge in [0.1, 0.15) is 5.75 Å². The topological polar surface area (TPSA) is 101 Å². The highest BCUT2D eigenvalue weighted by Crippen LogP contribution is 2.21. The van der Waals surface area contributed by atoms with Crippen LogP contribution in [0.3, 0.4) is 0 Å². The molecule has 4 N–H and O–H groups in total. The first-order valence-corrected chi connectivity index (χ1v) is 4.30. The van der Waals surface area contributed by atoms with E-state index in [0.717, 1.165) is 0 Å². The van der Waals surface area contributed by atoms with Crippen molar-refractivity contribution in [3.8, 4) is 5.75 Å². The molecule has 0 aromatic heterocycles. The van der Waals surface area contributed by atoms with Crippen LogP contribution in [0.5, 0.6) is 5.75 Å². The number of hydrogen-bond donors (Lipinski definition) is 3. The van der Waals surface area contributed by atoms with Crippen molar-refractivity contribution in [2.24, 2.45) is 5.73 Å². The molecule has 0 aliphatic heterocycles. The van der Waals surface area contributed by atoms with Crippen molar-refractivity contribution in [3.63, 3.8) is 0 Å². The van der Waals surface area contributed by atoms with E-state index < -0.39 is 17.8 Å². The molecule has 0 radical (unpaired) electrons. The molecule has 0 heterocycles. The maximum absolute atomic E-state index is 11.0. The Kier molecular flexibility index (Phi) is 3.28. The first-order valence-electron chi connectivity index (χ1n) is 4.30. The number of benzene rings is 1. The van der Waals surface area contributed by atoms with Crippen molar-refractivity contribution in [3.05, 3.63) is 29.8 Å². The fourth-order valence-electron chi connectivity index (χ4n) is 1.26. The summed E-state index contributed by atoms with van der Waals surface area (Å²) >= 11 is 0. The number of primary amides is 1. The number of phenolic OH excluding ortho intramolecular Hbond substituents is 1. The lowest BCUT2D eigenvalue weighted by atomic mass is 9.95. The highest BCUT2D eigenvalue weighted by Gasteiger charge is 2.20. The largest absolute Gasteiger partial charge is 0.508 e. The Morgan fingerprint density at radius 2 is 1.80 bits per heavy atom. The number of phenols is 1. The van der Waals surface area contributed by atoms with Gasteiger partial charge in [0.05, 0.1) is 12.3 Å². The van der Waals surface area contributed by atoms with E-state index >= 15 is 0 Å². The van der Waals surface area contributed by atoms with Crippen LogP contribution < -0.4 is 5.73 Å². The molecule has 15 heavy (non-hydrogen) atoms. The predicted octanol–water partition coefficient (Wildman–Crippen LogP) is 0.436. The van der Waals surface area contributed by atoms with Gasteiger partial charge in [-0.05, 0) is 17.7 Å². The molecule has 0 fully saturated rings. The van der Waals surface area contributed by atoms with Gasteiger partial charge in [-0.2, -0.15) is 0 Å². The summed E-state index contributed by atoms with van der Waals surface area (Å²) in [6.07, 6.45) is -0.347. The van der Waals surface area contributed by atoms with E-state index in [1.807, 2.05) is 0 Å². The standard InChI is InChI=1S/C10H11NO4/c11-10(15)8(5-9(13)14)6-1-3-7(12)4-2-6/h1-4,8,12H,5H2,(H2,11,15)(H,13,14). The van der Waals surface area contributed by atoms with Gasteiger partial charge in [0.15, 0.2) is 0 Å². The SMILES string of the molecule is NC(=O)C(CC(=O)O)c1ccc(O)cc1. The predicted molar refractivity (Wildman–Crippen MR) is 52.3 cm³/mol. The number of aromatic hydroxyl groups is 1. The monoisotopic (exact) mass is 209 g/mol. The van der Waals surface area contributed by atoms with Crippen LogP contribution in [0.15, 0.2) is 24.3 Å². The third kappa shape index (κ3) is 2.98. The van der Waals surface area contributed by atoms with E-state index in [2.05, 4.69) is 0 Å². The lowest BCUT2D eigenvalue weighted by Crippen LogP contribution is -2.23. The first kappa shape index (κ1) is 11.0. The number of carboxylic acids is 1. The van der Waals surface area contributed by atoms with Crippen LogP contribution in [0.1, 0.15) is 17.9 Å². The van der Waals surface area contributed by atoms with Crippen molar-refractivity contribution in [1.29, 1.82) is 0 Å². The van der Waals surface area contributed by atoms with Gasteiger partial charge in [0.2, 0.25) is 5.91 Å². The molecule has 0 aliphatic carbocycles. The minimum Gasteiger partial charge on any atom is -0.508 e. The van der Waals surface area contributed by atoms with Gasteiger partial charge in [-0.1, -0.05) is 12.1 Å². The maximum Gasteiger partial charge on any atom is 0.304 e. The number of hydrogen-bond acceptors (Lipinski definition) is 3. The quantitative estimate of drug-likeness (QED) is 0.669. The summed E-state index contributed by atoms with van der Waals surface area (Å²) < 4.78 is 0. The third-order valence-corrected chi connectivity index (χ3v) is 2.02. The summed E-state index contributed by atoms with van der Waals surface area (Å²) in [6.45, 7) is 0. The number of carbonyl (C=O) groups excluding carboxylic acids is 1. The Hall–Kier alpha value is -2.04. The average Bonchev–Trinajstić information content (AvgIpc) is 2.15. The zero-order valence-electron chi connectivity index (χ0n) is 7.88. The Morgan fingerprint density at radius 1 is 1.27 bits per heavy atom. The minimum atomic E-state index is -1.09. The van der Waals surface area contributed by atoms with Crippen molar-refractivity contribution < 1.29 is 19.8 Å². The molecule has 1 rings (SSSR count). The molecule has 1 unspecified atom stereocenters. The first-order chi connectivity index (χ1) is 7.00. The van der Waals surface area contributed by atoms with Crippen LogP contribution in [0, 0.1) is 0 Å². The second kappa shape index (κ2) is 4.45.